The molecule has 0 N–H and O–H groups in total. The van der Waals surface area contributed by atoms with E-state index in [0.29, 0.717) is 22.3 Å². The smallest absolute Gasteiger partial charge is 0.101 e. The van der Waals surface area contributed by atoms with Gasteiger partial charge in [0.1, 0.15) is 12.1 Å². The second kappa shape index (κ2) is 11.0. The van der Waals surface area contributed by atoms with E-state index in [-0.39, 0.29) is 0 Å². The van der Waals surface area contributed by atoms with Gasteiger partial charge in [-0.2, -0.15) is 10.5 Å². The van der Waals surface area contributed by atoms with Crippen LogP contribution in [0.25, 0.3) is 0 Å². The molecule has 0 fully saturated rings. The van der Waals surface area contributed by atoms with Crippen LogP contribution in [0.5, 0.6) is 0 Å². The summed E-state index contributed by atoms with van der Waals surface area (Å²) >= 11 is 0. The van der Waals surface area contributed by atoms with Crippen LogP contribution in [0.15, 0.2) is 83.6 Å². The summed E-state index contributed by atoms with van der Waals surface area (Å²) in [6, 6.07) is 4.24. The molecule has 0 aliphatic rings. The second-order valence-corrected chi connectivity index (χ2v) is 3.97. The Kier molecular flexibility index (Phi) is 9.53. The van der Waals surface area contributed by atoms with Crippen LogP contribution in [0.4, 0.5) is 0 Å². The normalized spacial score (nSPS) is 14.3. The molecule has 0 atom stereocenters. The molecule has 0 aliphatic carbocycles. The van der Waals surface area contributed by atoms with Crippen LogP contribution in [-0.4, -0.2) is 0 Å². The van der Waals surface area contributed by atoms with Crippen molar-refractivity contribution in [3.63, 3.8) is 0 Å². The fourth-order valence-electron chi connectivity index (χ4n) is 1.58. The third-order valence-corrected chi connectivity index (χ3v) is 2.55. The molecule has 2 heteroatoms. The third-order valence-electron chi connectivity index (χ3n) is 2.55. The summed E-state index contributed by atoms with van der Waals surface area (Å²) in [4.78, 5) is 0. The van der Waals surface area contributed by atoms with Crippen molar-refractivity contribution in [1.29, 1.82) is 10.5 Å². The number of allylic oxidation sites excluding steroid dienone is 13. The lowest BCUT2D eigenvalue weighted by Crippen LogP contribution is -1.94. The lowest BCUT2D eigenvalue weighted by molar-refractivity contribution is 1.38. The molecule has 0 aliphatic heterocycles. The van der Waals surface area contributed by atoms with Crippen LogP contribution in [0.2, 0.25) is 0 Å². The van der Waals surface area contributed by atoms with Crippen LogP contribution in [-0.2, 0) is 0 Å². The molecule has 0 saturated heterocycles. The summed E-state index contributed by atoms with van der Waals surface area (Å²) in [7, 11) is 0. The van der Waals surface area contributed by atoms with Crippen LogP contribution < -0.4 is 0 Å². The van der Waals surface area contributed by atoms with Crippen LogP contribution in [0.1, 0.15) is 20.8 Å². The number of nitriles is 2. The van der Waals surface area contributed by atoms with Gasteiger partial charge in [0, 0.05) is 0 Å². The Balaban J connectivity index is 6.32. The van der Waals surface area contributed by atoms with Gasteiger partial charge in [-0.05, 0) is 31.9 Å². The molecule has 21 heavy (non-hydrogen) atoms. The van der Waals surface area contributed by atoms with Crippen molar-refractivity contribution in [2.45, 2.75) is 20.8 Å². The lowest BCUT2D eigenvalue weighted by Gasteiger charge is -2.05. The largest absolute Gasteiger partial charge is 0.192 e. The van der Waals surface area contributed by atoms with E-state index >= 15 is 0 Å². The molecule has 0 radical (unpaired) electrons. The maximum Gasteiger partial charge on any atom is 0.101 e. The Labute approximate surface area is 127 Å². The highest BCUT2D eigenvalue weighted by Crippen LogP contribution is 2.22. The van der Waals surface area contributed by atoms with Crippen LogP contribution in [0, 0.1) is 22.7 Å². The molecule has 0 rings (SSSR count). The van der Waals surface area contributed by atoms with E-state index in [0.717, 1.165) is 0 Å². The zero-order valence-electron chi connectivity index (χ0n) is 12.8. The average Bonchev–Trinajstić information content (AvgIpc) is 2.51. The van der Waals surface area contributed by atoms with Crippen molar-refractivity contribution in [2.75, 3.05) is 0 Å². The molecule has 0 amide bonds. The molecule has 0 unspecified atom stereocenters. The minimum absolute atomic E-state index is 0.319. The topological polar surface area (TPSA) is 47.6 Å². The zero-order chi connectivity index (χ0) is 16.1. The molecule has 0 saturated carbocycles. The Morgan fingerprint density at radius 3 is 1.67 bits per heavy atom. The predicted octanol–water partition coefficient (Wildman–Crippen LogP) is 5.10. The summed E-state index contributed by atoms with van der Waals surface area (Å²) in [6.45, 7) is 9.37. The number of rotatable bonds is 6. The van der Waals surface area contributed by atoms with E-state index in [2.05, 4.69) is 18.7 Å². The van der Waals surface area contributed by atoms with Crippen LogP contribution in [0.3, 0.4) is 0 Å². The van der Waals surface area contributed by atoms with Crippen molar-refractivity contribution >= 4 is 0 Å². The van der Waals surface area contributed by atoms with Gasteiger partial charge in [0.2, 0.25) is 0 Å². The molecule has 0 aromatic heterocycles. The van der Waals surface area contributed by atoms with E-state index in [1.807, 2.05) is 63.3 Å². The maximum atomic E-state index is 9.46. The first kappa shape index (κ1) is 18.2. The van der Waals surface area contributed by atoms with E-state index < -0.39 is 0 Å². The number of nitrogens with zero attached hydrogens (tertiary/aromatic N) is 2. The Morgan fingerprint density at radius 2 is 1.29 bits per heavy atom. The highest BCUT2D eigenvalue weighted by Gasteiger charge is 2.11. The molecular weight excluding hydrogens is 256 g/mol. The quantitative estimate of drug-likeness (QED) is 0.500. The first-order valence-corrected chi connectivity index (χ1v) is 6.66. The van der Waals surface area contributed by atoms with Gasteiger partial charge < -0.3 is 0 Å². The van der Waals surface area contributed by atoms with Crippen molar-refractivity contribution in [1.82, 2.24) is 0 Å². The summed E-state index contributed by atoms with van der Waals surface area (Å²) in [5.41, 5.74) is 1.98. The molecule has 0 heterocycles. The minimum Gasteiger partial charge on any atom is -0.192 e. The van der Waals surface area contributed by atoms with Gasteiger partial charge in [-0.25, -0.2) is 0 Å². The predicted molar refractivity (Wildman–Crippen MR) is 89.1 cm³/mol. The number of hydrogen-bond acceptors (Lipinski definition) is 2. The van der Waals surface area contributed by atoms with Crippen molar-refractivity contribution < 1.29 is 0 Å². The van der Waals surface area contributed by atoms with E-state index in [1.54, 1.807) is 12.2 Å². The highest BCUT2D eigenvalue weighted by molar-refractivity contribution is 5.63. The molecule has 0 spiro atoms. The van der Waals surface area contributed by atoms with Crippen molar-refractivity contribution in [2.24, 2.45) is 0 Å². The molecule has 0 aromatic rings. The average molecular weight is 276 g/mol. The Hall–Kier alpha value is -2.84. The van der Waals surface area contributed by atoms with Gasteiger partial charge in [0.15, 0.2) is 0 Å². The molecule has 2 nitrogen and oxygen atoms in total. The summed E-state index contributed by atoms with van der Waals surface area (Å²) in [5, 5.41) is 18.9. The van der Waals surface area contributed by atoms with Gasteiger partial charge in [-0.1, -0.05) is 61.3 Å². The van der Waals surface area contributed by atoms with Crippen LogP contribution >= 0.6 is 0 Å². The maximum absolute atomic E-state index is 9.46. The second-order valence-electron chi connectivity index (χ2n) is 3.97. The Morgan fingerprint density at radius 1 is 0.810 bits per heavy atom. The van der Waals surface area contributed by atoms with Gasteiger partial charge in [-0.3, -0.25) is 0 Å². The Bertz CT molecular complexity index is 621. The third kappa shape index (κ3) is 5.76. The first-order chi connectivity index (χ1) is 10.2. The first-order valence-electron chi connectivity index (χ1n) is 6.66. The summed E-state index contributed by atoms with van der Waals surface area (Å²) in [6.07, 6.45) is 16.2. The molecule has 0 bridgehead atoms. The van der Waals surface area contributed by atoms with Gasteiger partial charge >= 0.3 is 0 Å². The van der Waals surface area contributed by atoms with Crippen molar-refractivity contribution in [3.05, 3.63) is 83.6 Å². The fourth-order valence-corrected chi connectivity index (χ4v) is 1.58. The van der Waals surface area contributed by atoms with E-state index in [1.165, 1.54) is 0 Å². The fraction of sp³-hybridized carbons (Fsp3) is 0.158. The van der Waals surface area contributed by atoms with Gasteiger partial charge in [-0.15, -0.1) is 0 Å². The molecule has 0 aromatic carbocycles. The highest BCUT2D eigenvalue weighted by atomic mass is 14.3. The molecule has 106 valence electrons. The van der Waals surface area contributed by atoms with Crippen molar-refractivity contribution in [3.8, 4) is 12.1 Å². The monoisotopic (exact) mass is 276 g/mol. The van der Waals surface area contributed by atoms with Gasteiger partial charge in [0.25, 0.3) is 0 Å². The van der Waals surface area contributed by atoms with Gasteiger partial charge in [0.05, 0.1) is 11.1 Å². The standard InChI is InChI=1S/C19H20N2/c1-5-9-12-16(8-4)18(14-20)19(15-21)17(11-7-3)13-10-6-2/h5-13H,4H2,1-3H3/b9-5-,10-6-,11-7-,16-12+,17-13+,19-18+. The number of hydrogen-bond donors (Lipinski definition) is 0. The lowest BCUT2D eigenvalue weighted by atomic mass is 9.95. The molecular formula is C19H20N2. The summed E-state index contributed by atoms with van der Waals surface area (Å²) in [5.74, 6) is 0. The minimum atomic E-state index is 0.319. The zero-order valence-corrected chi connectivity index (χ0v) is 12.8. The SMILES string of the molecule is C=CC(=C\C=C/C)/C(C#N)=C(C#N)/C(/C=C\C)=C/C=C\C. The van der Waals surface area contributed by atoms with E-state index in [4.69, 9.17) is 0 Å². The van der Waals surface area contributed by atoms with E-state index in [9.17, 15) is 10.5 Å². The summed E-state index contributed by atoms with van der Waals surface area (Å²) < 4.78 is 0.